The summed E-state index contributed by atoms with van der Waals surface area (Å²) in [6, 6.07) is 54.8. The number of para-hydroxylation sites is 1. The molecule has 1 aliphatic heterocycles. The minimum absolute atomic E-state index is 0. The summed E-state index contributed by atoms with van der Waals surface area (Å²) in [4.78, 5) is 9.51. The molecule has 0 saturated heterocycles. The first-order valence-electron chi connectivity index (χ1n) is 21.8. The van der Waals surface area contributed by atoms with Gasteiger partial charge in [0.25, 0.3) is 0 Å². The Kier molecular flexibility index (Phi) is 11.3. The van der Waals surface area contributed by atoms with Gasteiger partial charge in [0.1, 0.15) is 5.82 Å². The zero-order valence-corrected chi connectivity index (χ0v) is 40.6. The standard InChI is InChI=1S/C57H57N4O.Pt/c1-54(2,3)38-24-26-41(27-25-38)59-37-60(52-36-48(56(7,8)9)47(35-51(52)59)55(4,5)6)42-20-17-21-43(33-42)62-44-28-29-46-45-22-15-16-23-49(45)61(50(46)34-44)53-32-40(30-31-58-53)57(10,11)39-18-13-12-14-19-39;/h12-32,35-37H,1-11H3;/q-3;. The number of anilines is 4. The molecule has 6 aromatic carbocycles. The van der Waals surface area contributed by atoms with Gasteiger partial charge in [-0.3, -0.25) is 0 Å². The molecule has 0 aliphatic carbocycles. The molecule has 0 fully saturated rings. The van der Waals surface area contributed by atoms with Crippen LogP contribution in [0, 0.1) is 18.8 Å². The molecule has 0 N–H and O–H groups in total. The minimum atomic E-state index is -0.221. The average Bonchev–Trinajstić information content (AvgIpc) is 3.78. The molecule has 0 spiro atoms. The van der Waals surface area contributed by atoms with E-state index in [1.807, 2.05) is 24.4 Å². The van der Waals surface area contributed by atoms with Gasteiger partial charge in [0.15, 0.2) is 0 Å². The van der Waals surface area contributed by atoms with E-state index < -0.39 is 0 Å². The summed E-state index contributed by atoms with van der Waals surface area (Å²) < 4.78 is 8.90. The predicted molar refractivity (Wildman–Crippen MR) is 259 cm³/mol. The quantitative estimate of drug-likeness (QED) is 0.149. The Bertz CT molecular complexity index is 2940. The van der Waals surface area contributed by atoms with E-state index in [1.54, 1.807) is 0 Å². The van der Waals surface area contributed by atoms with Gasteiger partial charge in [-0.2, -0.15) is 12.1 Å². The van der Waals surface area contributed by atoms with Crippen LogP contribution in [0.4, 0.5) is 22.7 Å². The first-order valence-corrected chi connectivity index (χ1v) is 21.8. The molecule has 2 aromatic heterocycles. The Balaban J connectivity index is 0.00000544. The normalized spacial score (nSPS) is 13.4. The molecule has 0 bridgehead atoms. The Morgan fingerprint density at radius 1 is 0.524 bits per heavy atom. The first-order chi connectivity index (χ1) is 29.4. The second kappa shape index (κ2) is 16.2. The van der Waals surface area contributed by atoms with Gasteiger partial charge in [0, 0.05) is 66.8 Å². The molecule has 0 radical (unpaired) electrons. The molecule has 5 nitrogen and oxygen atoms in total. The number of ether oxygens (including phenoxy) is 1. The van der Waals surface area contributed by atoms with E-state index in [4.69, 9.17) is 9.72 Å². The number of aromatic nitrogens is 2. The fourth-order valence-corrected chi connectivity index (χ4v) is 8.84. The van der Waals surface area contributed by atoms with E-state index in [9.17, 15) is 0 Å². The molecule has 63 heavy (non-hydrogen) atoms. The fourth-order valence-electron chi connectivity index (χ4n) is 8.84. The van der Waals surface area contributed by atoms with E-state index in [-0.39, 0.29) is 42.7 Å². The Labute approximate surface area is 389 Å². The Morgan fingerprint density at radius 3 is 1.83 bits per heavy atom. The molecule has 0 unspecified atom stereocenters. The van der Waals surface area contributed by atoms with Crippen molar-refractivity contribution < 1.29 is 25.8 Å². The van der Waals surface area contributed by atoms with Gasteiger partial charge in [-0.05, 0) is 91.9 Å². The molecular formula is C57H57N4OPt-3. The van der Waals surface area contributed by atoms with Crippen molar-refractivity contribution in [1.82, 2.24) is 9.55 Å². The van der Waals surface area contributed by atoms with Gasteiger partial charge in [0.05, 0.1) is 0 Å². The number of rotatable bonds is 7. The molecule has 8 aromatic rings. The van der Waals surface area contributed by atoms with Gasteiger partial charge in [-0.25, -0.2) is 4.98 Å². The maximum atomic E-state index is 6.70. The van der Waals surface area contributed by atoms with Crippen molar-refractivity contribution in [3.05, 3.63) is 186 Å². The third-order valence-corrected chi connectivity index (χ3v) is 12.5. The summed E-state index contributed by atoms with van der Waals surface area (Å²) in [6.07, 6.45) is 1.92. The van der Waals surface area contributed by atoms with Crippen LogP contribution in [0.5, 0.6) is 11.5 Å². The summed E-state index contributed by atoms with van der Waals surface area (Å²) in [5.41, 5.74) is 12.4. The number of fused-ring (bicyclic) bond motifs is 4. The summed E-state index contributed by atoms with van der Waals surface area (Å²) in [6.45, 7) is 27.4. The topological polar surface area (TPSA) is 33.5 Å². The zero-order valence-electron chi connectivity index (χ0n) is 38.4. The van der Waals surface area contributed by atoms with E-state index in [2.05, 4.69) is 225 Å². The van der Waals surface area contributed by atoms with Crippen molar-refractivity contribution in [2.45, 2.75) is 97.8 Å². The van der Waals surface area contributed by atoms with Crippen molar-refractivity contribution >= 4 is 44.6 Å². The van der Waals surface area contributed by atoms with E-state index >= 15 is 0 Å². The van der Waals surface area contributed by atoms with Gasteiger partial charge in [0.2, 0.25) is 0 Å². The Hall–Kier alpha value is -5.64. The van der Waals surface area contributed by atoms with Crippen LogP contribution in [0.25, 0.3) is 27.6 Å². The minimum Gasteiger partial charge on any atom is -0.509 e. The molecule has 1 aliphatic rings. The third-order valence-electron chi connectivity index (χ3n) is 12.5. The van der Waals surface area contributed by atoms with Crippen LogP contribution in [-0.2, 0) is 42.7 Å². The van der Waals surface area contributed by atoms with Crippen LogP contribution in [0.15, 0.2) is 140 Å². The molecule has 324 valence electrons. The van der Waals surface area contributed by atoms with Crippen molar-refractivity contribution in [3.8, 4) is 17.3 Å². The first kappa shape index (κ1) is 44.0. The smallest absolute Gasteiger partial charge is 0.135 e. The third kappa shape index (κ3) is 8.22. The van der Waals surface area contributed by atoms with Gasteiger partial charge in [-0.1, -0.05) is 142 Å². The summed E-state index contributed by atoms with van der Waals surface area (Å²) in [5, 5.41) is 2.22. The summed E-state index contributed by atoms with van der Waals surface area (Å²) in [7, 11) is 0. The molecule has 0 saturated carbocycles. The van der Waals surface area contributed by atoms with E-state index in [0.29, 0.717) is 11.5 Å². The fraction of sp³-hybridized carbons (Fsp3) is 0.263. The molecule has 0 atom stereocenters. The van der Waals surface area contributed by atoms with E-state index in [1.165, 1.54) is 27.8 Å². The van der Waals surface area contributed by atoms with Crippen LogP contribution in [0.2, 0.25) is 0 Å². The van der Waals surface area contributed by atoms with Crippen LogP contribution < -0.4 is 14.5 Å². The van der Waals surface area contributed by atoms with Crippen LogP contribution in [0.3, 0.4) is 0 Å². The second-order valence-corrected chi connectivity index (χ2v) is 20.4. The average molecular weight is 1010 g/mol. The van der Waals surface area contributed by atoms with Crippen LogP contribution in [-0.4, -0.2) is 9.55 Å². The van der Waals surface area contributed by atoms with Crippen molar-refractivity contribution in [1.29, 1.82) is 0 Å². The number of hydrogen-bond donors (Lipinski definition) is 0. The van der Waals surface area contributed by atoms with Gasteiger partial charge in [-0.15, -0.1) is 48.1 Å². The van der Waals surface area contributed by atoms with Gasteiger partial charge < -0.3 is 19.1 Å². The number of nitrogens with zero attached hydrogens (tertiary/aromatic N) is 4. The summed E-state index contributed by atoms with van der Waals surface area (Å²) in [5.74, 6) is 2.05. The number of benzene rings is 6. The zero-order chi connectivity index (χ0) is 43.8. The van der Waals surface area contributed by atoms with Gasteiger partial charge >= 0.3 is 0 Å². The molecule has 6 heteroatoms. The predicted octanol–water partition coefficient (Wildman–Crippen LogP) is 15.2. The van der Waals surface area contributed by atoms with Crippen LogP contribution >= 0.6 is 0 Å². The van der Waals surface area contributed by atoms with Crippen molar-refractivity contribution in [2.75, 3.05) is 9.80 Å². The molecule has 3 heterocycles. The SMILES string of the molecule is CC(C)(C)c1ccc(N2[CH-]N(c3[c-]c(Oc4[c-]c5c(cc4)c4ccccc4n5-c4cc(C(C)(C)c5ccccc5)ccn4)ccc3)c3cc(C(C)(C)C)c(C(C)(C)C)cc32)cc1.[Pt]. The van der Waals surface area contributed by atoms with E-state index in [0.717, 1.165) is 50.4 Å². The largest absolute Gasteiger partial charge is 0.509 e. The Morgan fingerprint density at radius 2 is 1.16 bits per heavy atom. The van der Waals surface area contributed by atoms with Crippen molar-refractivity contribution in [3.63, 3.8) is 0 Å². The number of pyridine rings is 1. The van der Waals surface area contributed by atoms with Crippen molar-refractivity contribution in [2.24, 2.45) is 0 Å². The summed E-state index contributed by atoms with van der Waals surface area (Å²) >= 11 is 0. The maximum absolute atomic E-state index is 6.70. The molecular weight excluding hydrogens is 952 g/mol. The number of hydrogen-bond acceptors (Lipinski definition) is 4. The molecule has 0 amide bonds. The molecule has 9 rings (SSSR count). The monoisotopic (exact) mass is 1010 g/mol. The second-order valence-electron chi connectivity index (χ2n) is 20.4. The van der Waals surface area contributed by atoms with Crippen LogP contribution in [0.1, 0.15) is 104 Å². The maximum Gasteiger partial charge on any atom is 0.135 e.